The molecule has 1 amide bonds. The van der Waals surface area contributed by atoms with Crippen LogP contribution in [0.4, 0.5) is 19.0 Å². The van der Waals surface area contributed by atoms with Crippen LogP contribution in [-0.4, -0.2) is 50.9 Å². The fourth-order valence-corrected chi connectivity index (χ4v) is 5.35. The van der Waals surface area contributed by atoms with E-state index < -0.39 is 17.6 Å². The lowest BCUT2D eigenvalue weighted by atomic mass is 9.87. The first-order valence-corrected chi connectivity index (χ1v) is 13.8. The smallest absolute Gasteiger partial charge is 0.417 e. The van der Waals surface area contributed by atoms with Crippen LogP contribution in [0.3, 0.4) is 0 Å². The molecule has 9 nitrogen and oxygen atoms in total. The molecular weight excluding hydrogens is 525 g/mol. The Morgan fingerprint density at radius 1 is 1.07 bits per heavy atom. The molecular formula is C28H33F3N6O3. The third kappa shape index (κ3) is 7.35. The van der Waals surface area contributed by atoms with Gasteiger partial charge in [0.1, 0.15) is 23.7 Å². The predicted octanol–water partition coefficient (Wildman–Crippen LogP) is 5.85. The number of halogens is 3. The van der Waals surface area contributed by atoms with Crippen molar-refractivity contribution in [3.8, 4) is 17.0 Å². The van der Waals surface area contributed by atoms with Crippen LogP contribution in [0.2, 0.25) is 0 Å². The zero-order valence-electron chi connectivity index (χ0n) is 22.2. The number of H-pyrrole nitrogens is 1. The summed E-state index contributed by atoms with van der Waals surface area (Å²) in [5.41, 5.74) is -1.04. The van der Waals surface area contributed by atoms with Crippen molar-refractivity contribution in [2.45, 2.75) is 64.0 Å². The Morgan fingerprint density at radius 3 is 2.67 bits per heavy atom. The van der Waals surface area contributed by atoms with E-state index in [4.69, 9.17) is 9.47 Å². The molecule has 0 bridgehead atoms. The Kier molecular flexibility index (Phi) is 8.93. The molecule has 214 valence electrons. The zero-order chi connectivity index (χ0) is 28.0. The highest BCUT2D eigenvalue weighted by Gasteiger charge is 2.34. The summed E-state index contributed by atoms with van der Waals surface area (Å²) in [6.45, 7) is 1.80. The van der Waals surface area contributed by atoms with Gasteiger partial charge in [-0.3, -0.25) is 9.89 Å². The molecule has 2 aromatic heterocycles. The van der Waals surface area contributed by atoms with E-state index in [2.05, 4.69) is 30.5 Å². The summed E-state index contributed by atoms with van der Waals surface area (Å²) < 4.78 is 52.9. The Labute approximate surface area is 230 Å². The summed E-state index contributed by atoms with van der Waals surface area (Å²) in [7, 11) is 0. The number of ether oxygens (including phenoxy) is 2. The molecule has 5 rings (SSSR count). The highest BCUT2D eigenvalue weighted by Crippen LogP contribution is 2.39. The van der Waals surface area contributed by atoms with E-state index in [0.717, 1.165) is 57.5 Å². The van der Waals surface area contributed by atoms with E-state index >= 15 is 0 Å². The molecule has 3 aromatic rings. The predicted molar refractivity (Wildman–Crippen MR) is 141 cm³/mol. The van der Waals surface area contributed by atoms with Crippen LogP contribution < -0.4 is 10.1 Å². The Bertz CT molecular complexity index is 1290. The average Bonchev–Trinajstić information content (AvgIpc) is 3.42. The number of anilines is 1. The molecule has 1 aliphatic heterocycles. The fourth-order valence-electron chi connectivity index (χ4n) is 5.35. The van der Waals surface area contributed by atoms with Gasteiger partial charge < -0.3 is 14.8 Å². The monoisotopic (exact) mass is 558 g/mol. The molecule has 1 aliphatic carbocycles. The molecule has 1 atom stereocenters. The molecule has 1 unspecified atom stereocenters. The molecule has 40 heavy (non-hydrogen) atoms. The van der Waals surface area contributed by atoms with Crippen molar-refractivity contribution in [3.05, 3.63) is 47.8 Å². The minimum absolute atomic E-state index is 0.00303. The van der Waals surface area contributed by atoms with Crippen molar-refractivity contribution in [1.29, 1.82) is 0 Å². The molecule has 12 heteroatoms. The van der Waals surface area contributed by atoms with Gasteiger partial charge in [0.25, 0.3) is 5.91 Å². The Hall–Kier alpha value is -3.54. The standard InChI is InChI=1S/C28H33F3N6O3/c29-28(30,31)22-9-8-20(40-12-10-19-7-4-11-39-16-19)14-21(22)23-15-24(33-17-32-23)35-27(38)26-34-25(36-37-26)13-18-5-2-1-3-6-18/h8-9,14-15,17-19H,1-7,10-13,16H2,(H,34,36,37)(H,32,33,35,38). The number of benzene rings is 1. The lowest BCUT2D eigenvalue weighted by molar-refractivity contribution is -0.137. The molecule has 3 heterocycles. The molecule has 2 fully saturated rings. The first-order chi connectivity index (χ1) is 19.3. The number of rotatable bonds is 9. The first kappa shape index (κ1) is 28.0. The number of carbonyl (C=O) groups excluding carboxylic acids is 1. The molecule has 0 radical (unpaired) electrons. The number of hydrogen-bond donors (Lipinski definition) is 2. The molecule has 2 aliphatic rings. The second-order valence-corrected chi connectivity index (χ2v) is 10.5. The third-order valence-electron chi connectivity index (χ3n) is 7.47. The zero-order valence-corrected chi connectivity index (χ0v) is 22.2. The number of alkyl halides is 3. The van der Waals surface area contributed by atoms with E-state index in [-0.39, 0.29) is 22.9 Å². The van der Waals surface area contributed by atoms with Crippen LogP contribution in [0, 0.1) is 11.8 Å². The van der Waals surface area contributed by atoms with Crippen molar-refractivity contribution in [1.82, 2.24) is 25.1 Å². The molecule has 1 aromatic carbocycles. The summed E-state index contributed by atoms with van der Waals surface area (Å²) in [5.74, 6) is 1.20. The number of aromatic amines is 1. The number of carbonyl (C=O) groups is 1. The van der Waals surface area contributed by atoms with Crippen LogP contribution >= 0.6 is 0 Å². The molecule has 2 N–H and O–H groups in total. The van der Waals surface area contributed by atoms with Gasteiger partial charge >= 0.3 is 6.18 Å². The number of nitrogens with zero attached hydrogens (tertiary/aromatic N) is 4. The number of hydrogen-bond acceptors (Lipinski definition) is 7. The summed E-state index contributed by atoms with van der Waals surface area (Å²) in [6, 6.07) is 4.90. The topological polar surface area (TPSA) is 115 Å². The van der Waals surface area contributed by atoms with E-state index in [9.17, 15) is 18.0 Å². The summed E-state index contributed by atoms with van der Waals surface area (Å²) in [4.78, 5) is 25.1. The fraction of sp³-hybridized carbons (Fsp3) is 0.536. The van der Waals surface area contributed by atoms with Gasteiger partial charge in [-0.1, -0.05) is 32.1 Å². The van der Waals surface area contributed by atoms with Gasteiger partial charge in [-0.15, -0.1) is 5.10 Å². The van der Waals surface area contributed by atoms with Crippen LogP contribution in [0.5, 0.6) is 5.75 Å². The molecule has 1 saturated carbocycles. The minimum Gasteiger partial charge on any atom is -0.494 e. The Morgan fingerprint density at radius 2 is 1.90 bits per heavy atom. The largest absolute Gasteiger partial charge is 0.494 e. The number of nitrogens with one attached hydrogen (secondary N) is 2. The Balaban J connectivity index is 1.28. The summed E-state index contributed by atoms with van der Waals surface area (Å²) >= 11 is 0. The summed E-state index contributed by atoms with van der Waals surface area (Å²) in [5, 5.41) is 9.41. The van der Waals surface area contributed by atoms with Crippen LogP contribution in [0.15, 0.2) is 30.6 Å². The van der Waals surface area contributed by atoms with Gasteiger partial charge in [0.15, 0.2) is 0 Å². The number of aromatic nitrogens is 5. The SMILES string of the molecule is O=C(Nc1cc(-c2cc(OCCC3CCCOC3)ccc2C(F)(F)F)ncn1)c1n[nH]c(CC2CCCCC2)n1. The van der Waals surface area contributed by atoms with Crippen molar-refractivity contribution in [2.24, 2.45) is 11.8 Å². The van der Waals surface area contributed by atoms with Gasteiger partial charge in [0.2, 0.25) is 5.82 Å². The maximum absolute atomic E-state index is 13.9. The van der Waals surface area contributed by atoms with Gasteiger partial charge in [0.05, 0.1) is 17.9 Å². The van der Waals surface area contributed by atoms with Gasteiger partial charge in [-0.25, -0.2) is 15.0 Å². The second-order valence-electron chi connectivity index (χ2n) is 10.5. The maximum Gasteiger partial charge on any atom is 0.417 e. The lowest BCUT2D eigenvalue weighted by Gasteiger charge is -2.22. The van der Waals surface area contributed by atoms with E-state index in [1.807, 2.05) is 0 Å². The normalized spacial score (nSPS) is 18.4. The van der Waals surface area contributed by atoms with E-state index in [0.29, 0.717) is 36.6 Å². The quantitative estimate of drug-likeness (QED) is 0.339. The van der Waals surface area contributed by atoms with Crippen molar-refractivity contribution >= 4 is 11.7 Å². The highest BCUT2D eigenvalue weighted by molar-refractivity contribution is 6.01. The van der Waals surface area contributed by atoms with Crippen molar-refractivity contribution < 1.29 is 27.4 Å². The molecule has 0 spiro atoms. The highest BCUT2D eigenvalue weighted by atomic mass is 19.4. The van der Waals surface area contributed by atoms with E-state index in [1.165, 1.54) is 37.5 Å². The van der Waals surface area contributed by atoms with Crippen LogP contribution in [-0.2, 0) is 17.3 Å². The van der Waals surface area contributed by atoms with E-state index in [1.54, 1.807) is 0 Å². The van der Waals surface area contributed by atoms with Crippen molar-refractivity contribution in [2.75, 3.05) is 25.1 Å². The second kappa shape index (κ2) is 12.8. The lowest BCUT2D eigenvalue weighted by Crippen LogP contribution is -2.19. The van der Waals surface area contributed by atoms with Gasteiger partial charge in [0, 0.05) is 31.3 Å². The minimum atomic E-state index is -4.62. The summed E-state index contributed by atoms with van der Waals surface area (Å²) in [6.07, 6.45) is 5.93. The average molecular weight is 559 g/mol. The van der Waals surface area contributed by atoms with Crippen LogP contribution in [0.25, 0.3) is 11.3 Å². The van der Waals surface area contributed by atoms with Crippen molar-refractivity contribution in [3.63, 3.8) is 0 Å². The van der Waals surface area contributed by atoms with Gasteiger partial charge in [-0.2, -0.15) is 13.2 Å². The number of amides is 1. The van der Waals surface area contributed by atoms with Crippen LogP contribution in [0.1, 0.15) is 73.4 Å². The maximum atomic E-state index is 13.9. The third-order valence-corrected chi connectivity index (χ3v) is 7.47. The van der Waals surface area contributed by atoms with Gasteiger partial charge in [-0.05, 0) is 49.3 Å². The first-order valence-electron chi connectivity index (χ1n) is 13.8. The molecule has 1 saturated heterocycles.